The van der Waals surface area contributed by atoms with E-state index in [2.05, 4.69) is 4.74 Å². The number of aliphatic hydroxyl groups excluding tert-OH is 1. The number of methoxy groups -OCH3 is 1. The molecule has 2 atom stereocenters. The van der Waals surface area contributed by atoms with Crippen LogP contribution in [0.25, 0.3) is 0 Å². The van der Waals surface area contributed by atoms with Gasteiger partial charge < -0.3 is 19.0 Å². The normalized spacial score (nSPS) is 22.1. The zero-order valence-corrected chi connectivity index (χ0v) is 9.72. The Morgan fingerprint density at radius 1 is 1.53 bits per heavy atom. The average molecular weight is 240 g/mol. The van der Waals surface area contributed by atoms with Gasteiger partial charge in [-0.1, -0.05) is 0 Å². The number of hydrogen-bond acceptors (Lipinski definition) is 5. The van der Waals surface area contributed by atoms with Gasteiger partial charge in [0, 0.05) is 6.61 Å². The summed E-state index contributed by atoms with van der Waals surface area (Å²) >= 11 is 0. The summed E-state index contributed by atoms with van der Waals surface area (Å²) in [5, 5.41) is 10.0. The first-order valence-corrected chi connectivity index (χ1v) is 5.70. The van der Waals surface area contributed by atoms with Crippen molar-refractivity contribution >= 4 is 5.97 Å². The molecule has 1 saturated heterocycles. The second-order valence-corrected chi connectivity index (χ2v) is 4.04. The highest BCUT2D eigenvalue weighted by Gasteiger charge is 2.27. The van der Waals surface area contributed by atoms with Crippen molar-refractivity contribution in [2.24, 2.45) is 0 Å². The summed E-state index contributed by atoms with van der Waals surface area (Å²) in [6, 6.07) is 3.07. The summed E-state index contributed by atoms with van der Waals surface area (Å²) < 4.78 is 15.2. The topological polar surface area (TPSA) is 68.9 Å². The molecule has 0 spiro atoms. The molecule has 1 N–H and O–H groups in total. The lowest BCUT2D eigenvalue weighted by molar-refractivity contribution is -0.0705. The fraction of sp³-hybridized carbons (Fsp3) is 0.583. The Balaban J connectivity index is 2.05. The van der Waals surface area contributed by atoms with Gasteiger partial charge in [0.1, 0.15) is 11.9 Å². The van der Waals surface area contributed by atoms with Crippen LogP contribution in [0.15, 0.2) is 16.5 Å². The molecule has 0 aliphatic carbocycles. The molecule has 5 nitrogen and oxygen atoms in total. The van der Waals surface area contributed by atoms with E-state index in [-0.39, 0.29) is 11.9 Å². The summed E-state index contributed by atoms with van der Waals surface area (Å²) in [6.07, 6.45) is 1.78. The van der Waals surface area contributed by atoms with Gasteiger partial charge in [0.2, 0.25) is 5.76 Å². The van der Waals surface area contributed by atoms with Crippen molar-refractivity contribution in [2.45, 2.75) is 31.5 Å². The number of ether oxygens (including phenoxy) is 2. The number of carbonyl (C=O) groups excluding carboxylic acids is 1. The molecule has 2 rings (SSSR count). The van der Waals surface area contributed by atoms with Gasteiger partial charge in [0.15, 0.2) is 0 Å². The van der Waals surface area contributed by atoms with E-state index in [0.29, 0.717) is 12.4 Å². The molecular weight excluding hydrogens is 224 g/mol. The van der Waals surface area contributed by atoms with Crippen LogP contribution in [0.4, 0.5) is 0 Å². The molecule has 2 heterocycles. The standard InChI is InChI=1S/C12H16O5/c1-15-12(14)10-6-5-9(17-10)11(13)8-4-2-3-7-16-8/h5-6,8,11,13H,2-4,7H2,1H3. The average Bonchev–Trinajstić information content (AvgIpc) is 2.87. The van der Waals surface area contributed by atoms with Crippen LogP contribution in [0.5, 0.6) is 0 Å². The molecule has 1 aromatic rings. The van der Waals surface area contributed by atoms with Crippen LogP contribution in [0.3, 0.4) is 0 Å². The van der Waals surface area contributed by atoms with Crippen LogP contribution in [0, 0.1) is 0 Å². The summed E-state index contributed by atoms with van der Waals surface area (Å²) in [5.74, 6) is -0.109. The predicted octanol–water partition coefficient (Wildman–Crippen LogP) is 1.67. The first-order valence-electron chi connectivity index (χ1n) is 5.70. The number of rotatable bonds is 3. The van der Waals surface area contributed by atoms with Crippen molar-refractivity contribution in [1.82, 2.24) is 0 Å². The Kier molecular flexibility index (Phi) is 3.81. The van der Waals surface area contributed by atoms with Crippen LogP contribution in [0.2, 0.25) is 0 Å². The van der Waals surface area contributed by atoms with Crippen LogP contribution in [0.1, 0.15) is 41.7 Å². The van der Waals surface area contributed by atoms with Gasteiger partial charge in [-0.3, -0.25) is 0 Å². The lowest BCUT2D eigenvalue weighted by atomic mass is 10.0. The second-order valence-electron chi connectivity index (χ2n) is 4.04. The van der Waals surface area contributed by atoms with Gasteiger partial charge in [-0.2, -0.15) is 0 Å². The maximum Gasteiger partial charge on any atom is 0.373 e. The van der Waals surface area contributed by atoms with Gasteiger partial charge >= 0.3 is 5.97 Å². The van der Waals surface area contributed by atoms with Crippen molar-refractivity contribution in [1.29, 1.82) is 0 Å². The van der Waals surface area contributed by atoms with E-state index in [1.807, 2.05) is 0 Å². The molecule has 0 radical (unpaired) electrons. The number of carbonyl (C=O) groups is 1. The summed E-state index contributed by atoms with van der Waals surface area (Å²) in [4.78, 5) is 11.2. The van der Waals surface area contributed by atoms with Crippen LogP contribution in [-0.2, 0) is 9.47 Å². The minimum atomic E-state index is -0.825. The third kappa shape index (κ3) is 2.68. The Labute approximate surface area is 99.3 Å². The largest absolute Gasteiger partial charge is 0.463 e. The monoisotopic (exact) mass is 240 g/mol. The maximum atomic E-state index is 11.2. The van der Waals surface area contributed by atoms with E-state index >= 15 is 0 Å². The Bertz CT molecular complexity index is 378. The zero-order valence-electron chi connectivity index (χ0n) is 9.72. The molecule has 1 aliphatic rings. The minimum Gasteiger partial charge on any atom is -0.463 e. The highest BCUT2D eigenvalue weighted by molar-refractivity contribution is 5.86. The molecule has 0 amide bonds. The molecule has 5 heteroatoms. The molecule has 0 bridgehead atoms. The Morgan fingerprint density at radius 2 is 2.35 bits per heavy atom. The molecule has 1 aromatic heterocycles. The summed E-state index contributed by atoms with van der Waals surface area (Å²) in [5.41, 5.74) is 0. The van der Waals surface area contributed by atoms with Crippen LogP contribution in [-0.4, -0.2) is 30.9 Å². The zero-order chi connectivity index (χ0) is 12.3. The van der Waals surface area contributed by atoms with Crippen molar-refractivity contribution in [3.8, 4) is 0 Å². The molecule has 17 heavy (non-hydrogen) atoms. The summed E-state index contributed by atoms with van der Waals surface area (Å²) in [7, 11) is 1.28. The molecule has 0 aromatic carbocycles. The lowest BCUT2D eigenvalue weighted by Gasteiger charge is -2.25. The van der Waals surface area contributed by atoms with Crippen molar-refractivity contribution in [2.75, 3.05) is 13.7 Å². The highest BCUT2D eigenvalue weighted by Crippen LogP contribution is 2.27. The van der Waals surface area contributed by atoms with E-state index in [1.165, 1.54) is 13.2 Å². The molecule has 2 unspecified atom stereocenters. The van der Waals surface area contributed by atoms with Crippen LogP contribution < -0.4 is 0 Å². The maximum absolute atomic E-state index is 11.2. The fourth-order valence-electron chi connectivity index (χ4n) is 1.92. The van der Waals surface area contributed by atoms with Crippen LogP contribution >= 0.6 is 0 Å². The van der Waals surface area contributed by atoms with Crippen molar-refractivity contribution in [3.05, 3.63) is 23.7 Å². The second kappa shape index (κ2) is 5.33. The molecule has 0 saturated carbocycles. The predicted molar refractivity (Wildman–Crippen MR) is 58.6 cm³/mol. The Hall–Kier alpha value is -1.33. The molecule has 1 aliphatic heterocycles. The third-order valence-corrected chi connectivity index (χ3v) is 2.87. The first-order chi connectivity index (χ1) is 8.22. The Morgan fingerprint density at radius 3 is 3.00 bits per heavy atom. The number of furan rings is 1. The number of esters is 1. The quantitative estimate of drug-likeness (QED) is 0.814. The fourth-order valence-corrected chi connectivity index (χ4v) is 1.92. The molecule has 1 fully saturated rings. The van der Waals surface area contributed by atoms with Gasteiger partial charge in [-0.25, -0.2) is 4.79 Å². The smallest absolute Gasteiger partial charge is 0.373 e. The van der Waals surface area contributed by atoms with Crippen molar-refractivity contribution < 1.29 is 23.8 Å². The van der Waals surface area contributed by atoms with E-state index in [1.54, 1.807) is 6.07 Å². The number of hydrogen-bond donors (Lipinski definition) is 1. The summed E-state index contributed by atoms with van der Waals surface area (Å²) in [6.45, 7) is 0.659. The van der Waals surface area contributed by atoms with E-state index in [4.69, 9.17) is 9.15 Å². The first kappa shape index (κ1) is 12.1. The molecule has 94 valence electrons. The lowest BCUT2D eigenvalue weighted by Crippen LogP contribution is -2.26. The van der Waals surface area contributed by atoms with E-state index in [9.17, 15) is 9.90 Å². The minimum absolute atomic E-state index is 0.0948. The molecular formula is C12H16O5. The van der Waals surface area contributed by atoms with E-state index in [0.717, 1.165) is 19.3 Å². The third-order valence-electron chi connectivity index (χ3n) is 2.87. The van der Waals surface area contributed by atoms with Gasteiger partial charge in [0.25, 0.3) is 0 Å². The highest BCUT2D eigenvalue weighted by atomic mass is 16.5. The van der Waals surface area contributed by atoms with E-state index < -0.39 is 12.1 Å². The van der Waals surface area contributed by atoms with Gasteiger partial charge in [0.05, 0.1) is 13.2 Å². The van der Waals surface area contributed by atoms with Crippen molar-refractivity contribution in [3.63, 3.8) is 0 Å². The van der Waals surface area contributed by atoms with Gasteiger partial charge in [-0.15, -0.1) is 0 Å². The SMILES string of the molecule is COC(=O)c1ccc(C(O)C2CCCCO2)o1. The van der Waals surface area contributed by atoms with Gasteiger partial charge in [-0.05, 0) is 31.4 Å². The number of aliphatic hydroxyl groups is 1.